The molecular formula is C13H14N4O4. The third-order valence-corrected chi connectivity index (χ3v) is 2.92. The number of rotatable bonds is 4. The van der Waals surface area contributed by atoms with Crippen LogP contribution in [0.4, 0.5) is 11.4 Å². The molecule has 0 aliphatic heterocycles. The van der Waals surface area contributed by atoms with Crippen molar-refractivity contribution in [3.63, 3.8) is 0 Å². The van der Waals surface area contributed by atoms with Gasteiger partial charge in [-0.2, -0.15) is 5.10 Å². The van der Waals surface area contributed by atoms with Crippen LogP contribution < -0.4 is 5.32 Å². The highest BCUT2D eigenvalue weighted by Gasteiger charge is 2.17. The average Bonchev–Trinajstić information content (AvgIpc) is 2.78. The monoisotopic (exact) mass is 290 g/mol. The zero-order chi connectivity index (χ0) is 15.6. The minimum Gasteiger partial charge on any atom is -0.502 e. The van der Waals surface area contributed by atoms with E-state index in [-0.39, 0.29) is 5.56 Å². The molecule has 0 atom stereocenters. The van der Waals surface area contributed by atoms with E-state index in [2.05, 4.69) is 10.4 Å². The zero-order valence-corrected chi connectivity index (χ0v) is 11.5. The highest BCUT2D eigenvalue weighted by Crippen LogP contribution is 2.26. The molecule has 1 heterocycles. The Morgan fingerprint density at radius 3 is 2.81 bits per heavy atom. The number of carbonyl (C=O) groups is 1. The number of aromatic nitrogens is 2. The second kappa shape index (κ2) is 5.61. The molecule has 2 N–H and O–H groups in total. The zero-order valence-electron chi connectivity index (χ0n) is 11.5. The van der Waals surface area contributed by atoms with Gasteiger partial charge in [0.15, 0.2) is 5.75 Å². The number of benzene rings is 1. The lowest BCUT2D eigenvalue weighted by atomic mass is 10.1. The van der Waals surface area contributed by atoms with E-state index in [1.54, 1.807) is 17.9 Å². The molecule has 0 aliphatic rings. The molecule has 0 aliphatic carbocycles. The summed E-state index contributed by atoms with van der Waals surface area (Å²) in [6, 6.07) is 3.44. The van der Waals surface area contributed by atoms with Crippen LogP contribution in [0, 0.1) is 10.1 Å². The number of aromatic hydroxyl groups is 1. The summed E-state index contributed by atoms with van der Waals surface area (Å²) in [4.78, 5) is 22.0. The van der Waals surface area contributed by atoms with Gasteiger partial charge in [-0.25, -0.2) is 0 Å². The molecule has 8 heteroatoms. The van der Waals surface area contributed by atoms with E-state index in [0.717, 1.165) is 17.8 Å². The van der Waals surface area contributed by atoms with Gasteiger partial charge in [-0.3, -0.25) is 19.6 Å². The Balaban J connectivity index is 2.24. The van der Waals surface area contributed by atoms with Gasteiger partial charge in [-0.1, -0.05) is 6.92 Å². The number of nitro groups is 1. The van der Waals surface area contributed by atoms with E-state index in [4.69, 9.17) is 0 Å². The quantitative estimate of drug-likeness (QED) is 0.659. The molecule has 2 aromatic rings. The third-order valence-electron chi connectivity index (χ3n) is 2.92. The summed E-state index contributed by atoms with van der Waals surface area (Å²) in [6.07, 6.45) is 2.32. The maximum absolute atomic E-state index is 12.1. The number of carbonyl (C=O) groups excluding carboxylic acids is 1. The highest BCUT2D eigenvalue weighted by molar-refractivity contribution is 6.05. The SMILES string of the molecule is CCc1nn(C)cc1NC(=O)c1ccc([N+](=O)[O-])c(O)c1. The summed E-state index contributed by atoms with van der Waals surface area (Å²) in [5, 5.41) is 27.0. The van der Waals surface area contributed by atoms with Crippen molar-refractivity contribution in [2.45, 2.75) is 13.3 Å². The van der Waals surface area contributed by atoms with Gasteiger partial charge in [0.2, 0.25) is 0 Å². The van der Waals surface area contributed by atoms with Gasteiger partial charge in [0.1, 0.15) is 0 Å². The molecule has 0 saturated carbocycles. The topological polar surface area (TPSA) is 110 Å². The number of hydrogen-bond acceptors (Lipinski definition) is 5. The first-order valence-corrected chi connectivity index (χ1v) is 6.23. The van der Waals surface area contributed by atoms with E-state index in [1.807, 2.05) is 6.92 Å². The van der Waals surface area contributed by atoms with Gasteiger partial charge in [0, 0.05) is 24.9 Å². The predicted molar refractivity (Wildman–Crippen MR) is 75.3 cm³/mol. The van der Waals surface area contributed by atoms with Gasteiger partial charge in [-0.05, 0) is 18.6 Å². The van der Waals surface area contributed by atoms with Crippen molar-refractivity contribution in [3.05, 3.63) is 45.8 Å². The molecule has 0 unspecified atom stereocenters. The molecule has 21 heavy (non-hydrogen) atoms. The van der Waals surface area contributed by atoms with Crippen LogP contribution in [0.3, 0.4) is 0 Å². The standard InChI is InChI=1S/C13H14N4O4/c1-3-9-10(7-16(2)15-9)14-13(19)8-4-5-11(17(20)21)12(18)6-8/h4-7,18H,3H2,1-2H3,(H,14,19). The van der Waals surface area contributed by atoms with Crippen molar-refractivity contribution >= 4 is 17.3 Å². The maximum Gasteiger partial charge on any atom is 0.310 e. The minimum absolute atomic E-state index is 0.129. The molecule has 1 aromatic heterocycles. The third kappa shape index (κ3) is 2.99. The number of nitrogens with one attached hydrogen (secondary N) is 1. The van der Waals surface area contributed by atoms with Crippen LogP contribution in [-0.2, 0) is 13.5 Å². The van der Waals surface area contributed by atoms with Crippen LogP contribution in [0.5, 0.6) is 5.75 Å². The Kier molecular flexibility index (Phi) is 3.88. The van der Waals surface area contributed by atoms with Crippen molar-refractivity contribution in [1.82, 2.24) is 9.78 Å². The smallest absolute Gasteiger partial charge is 0.310 e. The second-order valence-electron chi connectivity index (χ2n) is 4.43. The van der Waals surface area contributed by atoms with Crippen LogP contribution in [-0.4, -0.2) is 25.7 Å². The molecule has 0 saturated heterocycles. The fraction of sp³-hybridized carbons (Fsp3) is 0.231. The predicted octanol–water partition coefficient (Wildman–Crippen LogP) is 1.85. The average molecular weight is 290 g/mol. The fourth-order valence-corrected chi connectivity index (χ4v) is 1.91. The molecule has 8 nitrogen and oxygen atoms in total. The van der Waals surface area contributed by atoms with Gasteiger partial charge in [0.25, 0.3) is 5.91 Å². The van der Waals surface area contributed by atoms with E-state index >= 15 is 0 Å². The fourth-order valence-electron chi connectivity index (χ4n) is 1.91. The van der Waals surface area contributed by atoms with E-state index < -0.39 is 22.3 Å². The highest BCUT2D eigenvalue weighted by atomic mass is 16.6. The summed E-state index contributed by atoms with van der Waals surface area (Å²) < 4.78 is 1.59. The normalized spacial score (nSPS) is 10.4. The van der Waals surface area contributed by atoms with E-state index in [1.165, 1.54) is 6.07 Å². The van der Waals surface area contributed by atoms with Crippen molar-refractivity contribution < 1.29 is 14.8 Å². The number of aryl methyl sites for hydroxylation is 2. The van der Waals surface area contributed by atoms with E-state index in [9.17, 15) is 20.0 Å². The molecule has 1 amide bonds. The summed E-state index contributed by atoms with van der Waals surface area (Å²) in [6.45, 7) is 1.91. The minimum atomic E-state index is -0.715. The first kappa shape index (κ1) is 14.5. The summed E-state index contributed by atoms with van der Waals surface area (Å²) in [7, 11) is 1.74. The molecule has 1 aromatic carbocycles. The first-order valence-electron chi connectivity index (χ1n) is 6.23. The Morgan fingerprint density at radius 1 is 1.52 bits per heavy atom. The van der Waals surface area contributed by atoms with Gasteiger partial charge >= 0.3 is 5.69 Å². The summed E-state index contributed by atoms with van der Waals surface area (Å²) in [5.74, 6) is -1.02. The summed E-state index contributed by atoms with van der Waals surface area (Å²) in [5.41, 5.74) is 0.992. The van der Waals surface area contributed by atoms with Crippen molar-refractivity contribution in [3.8, 4) is 5.75 Å². The van der Waals surface area contributed by atoms with Gasteiger partial charge in [-0.15, -0.1) is 0 Å². The van der Waals surface area contributed by atoms with Gasteiger partial charge in [0.05, 0.1) is 16.3 Å². The first-order chi connectivity index (χ1) is 9.92. The Labute approximate surface area is 120 Å². The molecule has 2 rings (SSSR count). The Morgan fingerprint density at radius 2 is 2.24 bits per heavy atom. The molecule has 0 fully saturated rings. The Bertz CT molecular complexity index is 708. The molecule has 0 radical (unpaired) electrons. The van der Waals surface area contributed by atoms with E-state index in [0.29, 0.717) is 12.1 Å². The summed E-state index contributed by atoms with van der Waals surface area (Å²) >= 11 is 0. The Hall–Kier alpha value is -2.90. The maximum atomic E-state index is 12.1. The van der Waals surface area contributed by atoms with Crippen LogP contribution in [0.2, 0.25) is 0 Å². The lowest BCUT2D eigenvalue weighted by Crippen LogP contribution is -2.12. The number of phenols is 1. The van der Waals surface area contributed by atoms with Crippen LogP contribution in [0.1, 0.15) is 23.0 Å². The second-order valence-corrected chi connectivity index (χ2v) is 4.43. The van der Waals surface area contributed by atoms with Crippen LogP contribution in [0.15, 0.2) is 24.4 Å². The largest absolute Gasteiger partial charge is 0.502 e. The number of anilines is 1. The number of phenolic OH excluding ortho intramolecular Hbond substituents is 1. The lowest BCUT2D eigenvalue weighted by molar-refractivity contribution is -0.385. The van der Waals surface area contributed by atoms with Crippen LogP contribution in [0.25, 0.3) is 0 Å². The number of nitrogens with zero attached hydrogens (tertiary/aromatic N) is 3. The lowest BCUT2D eigenvalue weighted by Gasteiger charge is -2.05. The number of hydrogen-bond donors (Lipinski definition) is 2. The molecule has 110 valence electrons. The molecule has 0 spiro atoms. The number of amides is 1. The molecular weight excluding hydrogens is 276 g/mol. The van der Waals surface area contributed by atoms with Crippen molar-refractivity contribution in [1.29, 1.82) is 0 Å². The molecule has 0 bridgehead atoms. The van der Waals surface area contributed by atoms with Crippen molar-refractivity contribution in [2.75, 3.05) is 5.32 Å². The van der Waals surface area contributed by atoms with Gasteiger partial charge < -0.3 is 10.4 Å². The van der Waals surface area contributed by atoms with Crippen molar-refractivity contribution in [2.24, 2.45) is 7.05 Å². The van der Waals surface area contributed by atoms with Crippen LogP contribution >= 0.6 is 0 Å². The number of nitro benzene ring substituents is 1.